The van der Waals surface area contributed by atoms with Crippen LogP contribution >= 0.6 is 12.2 Å². The first kappa shape index (κ1) is 13.8. The molecule has 2 saturated heterocycles. The van der Waals surface area contributed by atoms with Gasteiger partial charge in [-0.1, -0.05) is 18.3 Å². The zero-order chi connectivity index (χ0) is 14.1. The summed E-state index contributed by atoms with van der Waals surface area (Å²) in [5.74, 6) is 0. The molecule has 0 radical (unpaired) electrons. The van der Waals surface area contributed by atoms with E-state index in [9.17, 15) is 0 Å². The maximum absolute atomic E-state index is 5.84. The fraction of sp³-hybridized carbons (Fsp3) is 0.562. The van der Waals surface area contributed by atoms with Crippen molar-refractivity contribution in [2.45, 2.75) is 44.7 Å². The van der Waals surface area contributed by atoms with Gasteiger partial charge in [-0.3, -0.25) is 0 Å². The largest absolute Gasteiger partial charge is 0.389 e. The average molecular weight is 289 g/mol. The molecule has 2 aliphatic rings. The lowest BCUT2D eigenvalue weighted by Gasteiger charge is -2.36. The predicted octanol–water partition coefficient (Wildman–Crippen LogP) is 2.67. The number of nitrogens with two attached hydrogens (primary N) is 1. The van der Waals surface area contributed by atoms with Gasteiger partial charge in [0.25, 0.3) is 0 Å². The Kier molecular flexibility index (Phi) is 3.94. The van der Waals surface area contributed by atoms with Crippen LogP contribution in [0.3, 0.4) is 0 Å². The Morgan fingerprint density at radius 1 is 1.35 bits per heavy atom. The summed E-state index contributed by atoms with van der Waals surface area (Å²) < 4.78 is 0. The summed E-state index contributed by atoms with van der Waals surface area (Å²) in [6.07, 6.45) is 5.17. The fourth-order valence-corrected chi connectivity index (χ4v) is 3.75. The first-order chi connectivity index (χ1) is 9.63. The highest BCUT2D eigenvalue weighted by Gasteiger charge is 2.31. The van der Waals surface area contributed by atoms with Crippen molar-refractivity contribution in [3.05, 3.63) is 29.3 Å². The topological polar surface area (TPSA) is 41.3 Å². The minimum Gasteiger partial charge on any atom is -0.389 e. The lowest BCUT2D eigenvalue weighted by Crippen LogP contribution is -2.43. The molecule has 3 nitrogen and oxygen atoms in total. The van der Waals surface area contributed by atoms with Crippen LogP contribution in [0.2, 0.25) is 0 Å². The molecule has 1 aromatic carbocycles. The number of piperidine rings is 1. The van der Waals surface area contributed by atoms with E-state index in [0.29, 0.717) is 11.0 Å². The van der Waals surface area contributed by atoms with Crippen LogP contribution in [0.4, 0.5) is 5.69 Å². The molecule has 108 valence electrons. The van der Waals surface area contributed by atoms with Gasteiger partial charge in [-0.25, -0.2) is 0 Å². The molecular weight excluding hydrogens is 266 g/mol. The Morgan fingerprint density at radius 3 is 3.00 bits per heavy atom. The maximum Gasteiger partial charge on any atom is 0.106 e. The van der Waals surface area contributed by atoms with Gasteiger partial charge >= 0.3 is 0 Å². The molecule has 3 rings (SSSR count). The van der Waals surface area contributed by atoms with Crippen molar-refractivity contribution in [3.8, 4) is 0 Å². The molecule has 1 aromatic rings. The smallest absolute Gasteiger partial charge is 0.106 e. The maximum atomic E-state index is 5.84. The van der Waals surface area contributed by atoms with E-state index < -0.39 is 0 Å². The third-order valence-electron chi connectivity index (χ3n) is 4.62. The van der Waals surface area contributed by atoms with E-state index in [1.54, 1.807) is 0 Å². The molecule has 0 aliphatic carbocycles. The Bertz CT molecular complexity index is 514. The van der Waals surface area contributed by atoms with Crippen molar-refractivity contribution in [2.24, 2.45) is 5.73 Å². The summed E-state index contributed by atoms with van der Waals surface area (Å²) in [4.78, 5) is 3.12. The number of hydrogen-bond acceptors (Lipinski definition) is 3. The molecule has 0 aromatic heterocycles. The van der Waals surface area contributed by atoms with Crippen LogP contribution in [0, 0.1) is 6.92 Å². The van der Waals surface area contributed by atoms with Crippen LogP contribution in [0.1, 0.15) is 36.8 Å². The third kappa shape index (κ3) is 2.81. The minimum atomic E-state index is 0.478. The molecule has 0 spiro atoms. The Hall–Kier alpha value is -1.13. The minimum absolute atomic E-state index is 0.478. The second-order valence-electron chi connectivity index (χ2n) is 6.11. The van der Waals surface area contributed by atoms with E-state index >= 15 is 0 Å². The number of thiocarbonyl (C=S) groups is 1. The normalized spacial score (nSPS) is 26.2. The zero-order valence-electron chi connectivity index (χ0n) is 12.1. The summed E-state index contributed by atoms with van der Waals surface area (Å²) in [5, 5.41) is 3.69. The Labute approximate surface area is 126 Å². The highest BCUT2D eigenvalue weighted by molar-refractivity contribution is 7.80. The lowest BCUT2D eigenvalue weighted by atomic mass is 9.96. The summed E-state index contributed by atoms with van der Waals surface area (Å²) in [7, 11) is 0. The molecule has 20 heavy (non-hydrogen) atoms. The van der Waals surface area contributed by atoms with Crippen molar-refractivity contribution < 1.29 is 0 Å². The van der Waals surface area contributed by atoms with Crippen molar-refractivity contribution in [1.29, 1.82) is 0 Å². The average Bonchev–Trinajstić information content (AvgIpc) is 2.85. The van der Waals surface area contributed by atoms with Crippen LogP contribution in [-0.2, 0) is 0 Å². The fourth-order valence-electron chi connectivity index (χ4n) is 3.57. The number of benzene rings is 1. The Morgan fingerprint density at radius 2 is 2.20 bits per heavy atom. The molecule has 2 atom stereocenters. The summed E-state index contributed by atoms with van der Waals surface area (Å²) in [6.45, 7) is 4.62. The van der Waals surface area contributed by atoms with Gasteiger partial charge in [0.1, 0.15) is 4.99 Å². The predicted molar refractivity (Wildman–Crippen MR) is 88.3 cm³/mol. The van der Waals surface area contributed by atoms with E-state index in [1.165, 1.54) is 44.3 Å². The quantitative estimate of drug-likeness (QED) is 0.840. The molecule has 2 fully saturated rings. The van der Waals surface area contributed by atoms with Gasteiger partial charge in [0.05, 0.1) is 0 Å². The third-order valence-corrected chi connectivity index (χ3v) is 4.84. The van der Waals surface area contributed by atoms with Crippen LogP contribution in [0.25, 0.3) is 0 Å². The van der Waals surface area contributed by atoms with Crippen molar-refractivity contribution in [2.75, 3.05) is 18.4 Å². The number of aryl methyl sites for hydroxylation is 1. The van der Waals surface area contributed by atoms with Crippen LogP contribution in [-0.4, -0.2) is 35.1 Å². The summed E-state index contributed by atoms with van der Waals surface area (Å²) in [6, 6.07) is 7.59. The first-order valence-corrected chi connectivity index (χ1v) is 7.95. The number of hydrogen-bond donors (Lipinski definition) is 2. The molecule has 2 aliphatic heterocycles. The standard InChI is InChI=1S/C16H23N3S/c1-11-4-5-14(16(17)20)15(9-11)18-12-6-8-19-7-2-3-13(19)10-12/h4-5,9,12-13,18H,2-3,6-8,10H2,1H3,(H2,17,20). The van der Waals surface area contributed by atoms with E-state index in [1.807, 2.05) is 6.07 Å². The monoisotopic (exact) mass is 289 g/mol. The van der Waals surface area contributed by atoms with Crippen molar-refractivity contribution in [3.63, 3.8) is 0 Å². The van der Waals surface area contributed by atoms with Crippen LogP contribution in [0.5, 0.6) is 0 Å². The van der Waals surface area contributed by atoms with Gasteiger partial charge in [-0.15, -0.1) is 0 Å². The second-order valence-corrected chi connectivity index (χ2v) is 6.55. The van der Waals surface area contributed by atoms with Crippen molar-refractivity contribution >= 4 is 22.9 Å². The first-order valence-electron chi connectivity index (χ1n) is 7.54. The number of nitrogens with zero attached hydrogens (tertiary/aromatic N) is 1. The molecule has 0 saturated carbocycles. The molecule has 2 heterocycles. The number of fused-ring (bicyclic) bond motifs is 1. The van der Waals surface area contributed by atoms with Gasteiger partial charge in [0.15, 0.2) is 0 Å². The molecule has 4 heteroatoms. The highest BCUT2D eigenvalue weighted by atomic mass is 32.1. The van der Waals surface area contributed by atoms with E-state index in [2.05, 4.69) is 29.3 Å². The lowest BCUT2D eigenvalue weighted by molar-refractivity contribution is 0.188. The highest BCUT2D eigenvalue weighted by Crippen LogP contribution is 2.29. The molecule has 2 unspecified atom stereocenters. The van der Waals surface area contributed by atoms with Gasteiger partial charge in [0.2, 0.25) is 0 Å². The van der Waals surface area contributed by atoms with Crippen molar-refractivity contribution in [1.82, 2.24) is 4.90 Å². The van der Waals surface area contributed by atoms with Gasteiger partial charge in [0, 0.05) is 29.9 Å². The number of nitrogens with one attached hydrogen (secondary N) is 1. The second kappa shape index (κ2) is 5.70. The molecular formula is C16H23N3S. The van der Waals surface area contributed by atoms with Gasteiger partial charge in [-0.05, 0) is 56.8 Å². The van der Waals surface area contributed by atoms with E-state index in [4.69, 9.17) is 18.0 Å². The van der Waals surface area contributed by atoms with Crippen LogP contribution in [0.15, 0.2) is 18.2 Å². The van der Waals surface area contributed by atoms with Gasteiger partial charge in [-0.2, -0.15) is 0 Å². The zero-order valence-corrected chi connectivity index (χ0v) is 12.9. The molecule has 0 bridgehead atoms. The number of rotatable bonds is 3. The van der Waals surface area contributed by atoms with Gasteiger partial charge < -0.3 is 16.0 Å². The summed E-state index contributed by atoms with van der Waals surface area (Å²) >= 11 is 5.16. The van der Waals surface area contributed by atoms with E-state index in [0.717, 1.165) is 17.3 Å². The van der Waals surface area contributed by atoms with Crippen LogP contribution < -0.4 is 11.1 Å². The molecule has 3 N–H and O–H groups in total. The SMILES string of the molecule is Cc1ccc(C(N)=S)c(NC2CCN3CCCC3C2)c1. The summed E-state index contributed by atoms with van der Waals surface area (Å²) in [5.41, 5.74) is 9.16. The van der Waals surface area contributed by atoms with E-state index in [-0.39, 0.29) is 0 Å². The molecule has 0 amide bonds. The Balaban J connectivity index is 1.74. The number of anilines is 1.